The molecule has 2 fully saturated rings. The molecule has 0 aromatic carbocycles. The van der Waals surface area contributed by atoms with Crippen molar-refractivity contribution in [2.75, 3.05) is 23.3 Å². The van der Waals surface area contributed by atoms with E-state index >= 15 is 0 Å². The summed E-state index contributed by atoms with van der Waals surface area (Å²) in [6.07, 6.45) is 2.03. The van der Waals surface area contributed by atoms with Crippen molar-refractivity contribution in [1.29, 1.82) is 0 Å². The first-order valence-electron chi connectivity index (χ1n) is 7.30. The van der Waals surface area contributed by atoms with Crippen molar-refractivity contribution < 1.29 is 4.39 Å². The number of hydrogen-bond acceptors (Lipinski definition) is 6. The molecule has 0 unspecified atom stereocenters. The van der Waals surface area contributed by atoms with Gasteiger partial charge in [0.2, 0.25) is 17.2 Å². The molecule has 2 aliphatic rings. The third-order valence-corrected chi connectivity index (χ3v) is 4.03. The maximum absolute atomic E-state index is 13.3. The van der Waals surface area contributed by atoms with E-state index in [1.165, 1.54) is 12.8 Å². The fraction of sp³-hybridized carbons (Fsp3) is 0.538. The Morgan fingerprint density at radius 2 is 2.14 bits per heavy atom. The monoisotopic (exact) mass is 323 g/mol. The van der Waals surface area contributed by atoms with E-state index in [2.05, 4.69) is 30.5 Å². The highest BCUT2D eigenvalue weighted by Gasteiger charge is 2.26. The van der Waals surface area contributed by atoms with E-state index in [0.29, 0.717) is 36.6 Å². The first kappa shape index (κ1) is 13.7. The first-order valence-corrected chi connectivity index (χ1v) is 7.68. The molecule has 4 rings (SSSR count). The Hall–Kier alpha value is -1.96. The second-order valence-corrected chi connectivity index (χ2v) is 6.01. The zero-order chi connectivity index (χ0) is 15.1. The molecule has 1 atom stereocenters. The van der Waals surface area contributed by atoms with Gasteiger partial charge in [-0.1, -0.05) is 0 Å². The summed E-state index contributed by atoms with van der Waals surface area (Å²) in [4.78, 5) is 14.2. The van der Waals surface area contributed by atoms with Crippen LogP contribution in [0, 0.1) is 0 Å². The van der Waals surface area contributed by atoms with Crippen molar-refractivity contribution in [3.63, 3.8) is 0 Å². The summed E-state index contributed by atoms with van der Waals surface area (Å²) in [7, 11) is 0. The van der Waals surface area contributed by atoms with Gasteiger partial charge in [-0.15, -0.1) is 0 Å². The zero-order valence-electron chi connectivity index (χ0n) is 11.8. The van der Waals surface area contributed by atoms with Gasteiger partial charge in [-0.2, -0.15) is 20.1 Å². The predicted octanol–water partition coefficient (Wildman–Crippen LogP) is 2.42. The van der Waals surface area contributed by atoms with Gasteiger partial charge in [-0.05, 0) is 30.9 Å². The normalized spacial score (nSPS) is 21.4. The van der Waals surface area contributed by atoms with Gasteiger partial charge in [-0.3, -0.25) is 5.10 Å². The van der Waals surface area contributed by atoms with Crippen LogP contribution in [0.3, 0.4) is 0 Å². The smallest absolute Gasteiger partial charge is 0.234 e. The van der Waals surface area contributed by atoms with Gasteiger partial charge < -0.3 is 10.2 Å². The minimum Gasteiger partial charge on any atom is -0.338 e. The summed E-state index contributed by atoms with van der Waals surface area (Å²) >= 11 is 5.95. The molecule has 116 valence electrons. The molecule has 0 bridgehead atoms. The molecule has 1 aliphatic heterocycles. The largest absolute Gasteiger partial charge is 0.338 e. The molecule has 3 heterocycles. The minimum absolute atomic E-state index is 0.0766. The Morgan fingerprint density at radius 1 is 1.27 bits per heavy atom. The molecule has 0 amide bonds. The van der Waals surface area contributed by atoms with Crippen molar-refractivity contribution in [1.82, 2.24) is 25.1 Å². The minimum atomic E-state index is -0.848. The van der Waals surface area contributed by atoms with Gasteiger partial charge in [0.25, 0.3) is 0 Å². The maximum Gasteiger partial charge on any atom is 0.234 e. The van der Waals surface area contributed by atoms with Crippen molar-refractivity contribution >= 4 is 29.3 Å². The quantitative estimate of drug-likeness (QED) is 0.899. The molecular weight excluding hydrogens is 309 g/mol. The highest BCUT2D eigenvalue weighted by Crippen LogP contribution is 2.39. The maximum atomic E-state index is 13.3. The Labute approximate surface area is 131 Å². The Kier molecular flexibility index (Phi) is 3.33. The number of nitrogens with one attached hydrogen (secondary N) is 2. The average molecular weight is 324 g/mol. The lowest BCUT2D eigenvalue weighted by atomic mass is 10.3. The highest BCUT2D eigenvalue weighted by molar-refractivity contribution is 6.28. The van der Waals surface area contributed by atoms with Gasteiger partial charge in [0.05, 0.1) is 6.54 Å². The summed E-state index contributed by atoms with van der Waals surface area (Å²) < 4.78 is 13.3. The van der Waals surface area contributed by atoms with Gasteiger partial charge in [0.1, 0.15) is 6.17 Å². The zero-order valence-corrected chi connectivity index (χ0v) is 12.5. The number of alkyl halides is 1. The summed E-state index contributed by atoms with van der Waals surface area (Å²) in [6.45, 7) is 0.864. The van der Waals surface area contributed by atoms with E-state index in [1.54, 1.807) is 4.90 Å². The molecule has 2 aromatic rings. The molecule has 7 nitrogen and oxygen atoms in total. The van der Waals surface area contributed by atoms with Crippen molar-refractivity contribution in [2.24, 2.45) is 0 Å². The van der Waals surface area contributed by atoms with E-state index in [0.717, 1.165) is 5.69 Å². The van der Waals surface area contributed by atoms with Gasteiger partial charge in [0.15, 0.2) is 5.82 Å². The third kappa shape index (κ3) is 2.83. The fourth-order valence-electron chi connectivity index (χ4n) is 2.55. The first-order chi connectivity index (χ1) is 10.7. The molecule has 1 aliphatic carbocycles. The van der Waals surface area contributed by atoms with E-state index in [4.69, 9.17) is 11.6 Å². The van der Waals surface area contributed by atoms with Crippen LogP contribution < -0.4 is 10.2 Å². The number of anilines is 3. The Bertz CT molecular complexity index is 687. The molecule has 9 heteroatoms. The Balaban J connectivity index is 1.54. The SMILES string of the molecule is F[C@@H]1CCN(c2nc(Cl)nc(Nc3cc(C4CC4)[nH]n3)n2)C1. The lowest BCUT2D eigenvalue weighted by Gasteiger charge is -2.15. The molecule has 2 N–H and O–H groups in total. The predicted molar refractivity (Wildman–Crippen MR) is 80.4 cm³/mol. The number of nitrogens with zero attached hydrogens (tertiary/aromatic N) is 5. The summed E-state index contributed by atoms with van der Waals surface area (Å²) in [5, 5.41) is 10.3. The summed E-state index contributed by atoms with van der Waals surface area (Å²) in [5.74, 6) is 1.93. The van der Waals surface area contributed by atoms with Crippen molar-refractivity contribution in [2.45, 2.75) is 31.4 Å². The third-order valence-electron chi connectivity index (χ3n) is 3.86. The van der Waals surface area contributed by atoms with Crippen LogP contribution in [0.25, 0.3) is 0 Å². The van der Waals surface area contributed by atoms with E-state index in [1.807, 2.05) is 6.07 Å². The highest BCUT2D eigenvalue weighted by atomic mass is 35.5. The second kappa shape index (κ2) is 5.35. The number of halogens is 2. The van der Waals surface area contributed by atoms with E-state index in [-0.39, 0.29) is 11.8 Å². The fourth-order valence-corrected chi connectivity index (χ4v) is 2.71. The number of rotatable bonds is 4. The van der Waals surface area contributed by atoms with Crippen molar-refractivity contribution in [3.8, 4) is 0 Å². The van der Waals surface area contributed by atoms with Gasteiger partial charge in [-0.25, -0.2) is 4.39 Å². The number of aromatic amines is 1. The average Bonchev–Trinajstić information content (AvgIpc) is 3.08. The summed E-state index contributed by atoms with van der Waals surface area (Å²) in [5.41, 5.74) is 1.11. The molecule has 22 heavy (non-hydrogen) atoms. The summed E-state index contributed by atoms with van der Waals surface area (Å²) in [6, 6.07) is 1.95. The number of hydrogen-bond donors (Lipinski definition) is 2. The van der Waals surface area contributed by atoms with Crippen LogP contribution in [0.1, 0.15) is 30.9 Å². The Morgan fingerprint density at radius 3 is 2.86 bits per heavy atom. The van der Waals surface area contributed by atoms with Gasteiger partial charge >= 0.3 is 0 Å². The van der Waals surface area contributed by atoms with Crippen LogP contribution in [0.5, 0.6) is 0 Å². The van der Waals surface area contributed by atoms with Crippen LogP contribution in [0.4, 0.5) is 22.1 Å². The van der Waals surface area contributed by atoms with Crippen LogP contribution in [0.15, 0.2) is 6.07 Å². The lowest BCUT2D eigenvalue weighted by Crippen LogP contribution is -2.23. The van der Waals surface area contributed by atoms with Gasteiger partial charge in [0, 0.05) is 24.2 Å². The van der Waals surface area contributed by atoms with Crippen LogP contribution in [-0.4, -0.2) is 44.4 Å². The molecular formula is C13H15ClFN7. The molecule has 0 spiro atoms. The number of H-pyrrole nitrogens is 1. The van der Waals surface area contributed by atoms with Crippen LogP contribution in [0.2, 0.25) is 5.28 Å². The number of aromatic nitrogens is 5. The molecule has 1 saturated heterocycles. The molecule has 0 radical (unpaired) electrons. The van der Waals surface area contributed by atoms with Crippen LogP contribution in [-0.2, 0) is 0 Å². The molecule has 1 saturated carbocycles. The lowest BCUT2D eigenvalue weighted by molar-refractivity contribution is 0.364. The molecule has 2 aromatic heterocycles. The van der Waals surface area contributed by atoms with E-state index in [9.17, 15) is 4.39 Å². The topological polar surface area (TPSA) is 82.6 Å². The van der Waals surface area contributed by atoms with E-state index < -0.39 is 6.17 Å². The van der Waals surface area contributed by atoms with Crippen LogP contribution >= 0.6 is 11.6 Å². The standard InChI is InChI=1S/C13H15ClFN7/c14-11-17-12(16-10-5-9(20-21-10)7-1-2-7)19-13(18-11)22-4-3-8(15)6-22/h5,7-8H,1-4,6H2,(H2,16,17,18,19,20,21)/t8-/m1/s1. The van der Waals surface area contributed by atoms with Crippen molar-refractivity contribution in [3.05, 3.63) is 17.0 Å². The second-order valence-electron chi connectivity index (χ2n) is 5.67.